The van der Waals surface area contributed by atoms with Crippen molar-refractivity contribution >= 4 is 43.4 Å². The first-order valence-electron chi connectivity index (χ1n) is 17.2. The van der Waals surface area contributed by atoms with Gasteiger partial charge in [0.2, 0.25) is 0 Å². The van der Waals surface area contributed by atoms with Crippen molar-refractivity contribution in [3.63, 3.8) is 0 Å². The van der Waals surface area contributed by atoms with E-state index >= 15 is 0 Å². The second-order valence-corrected chi connectivity index (χ2v) is 13.7. The lowest BCUT2D eigenvalue weighted by Gasteiger charge is -2.12. The third kappa shape index (κ3) is 5.25. The third-order valence-corrected chi connectivity index (χ3v) is 10.6. The van der Waals surface area contributed by atoms with E-state index in [1.54, 1.807) is 11.3 Å². The molecule has 0 aliphatic rings. The maximum absolute atomic E-state index is 5.06. The van der Waals surface area contributed by atoms with Crippen molar-refractivity contribution in [3.05, 3.63) is 176 Å². The van der Waals surface area contributed by atoms with E-state index in [4.69, 9.17) is 19.9 Å². The molecule has 0 unspecified atom stereocenters. The lowest BCUT2D eigenvalue weighted by molar-refractivity contribution is 1.07. The molecule has 10 aromatic rings. The number of aromatic nitrogens is 5. The van der Waals surface area contributed by atoms with E-state index in [2.05, 4.69) is 120 Å². The van der Waals surface area contributed by atoms with Crippen molar-refractivity contribution in [3.8, 4) is 61.5 Å². The molecule has 0 radical (unpaired) electrons. The molecule has 10 rings (SSSR count). The lowest BCUT2D eigenvalue weighted by Crippen LogP contribution is -2.00. The minimum Gasteiger partial charge on any atom is -0.309 e. The molecule has 0 spiro atoms. The smallest absolute Gasteiger partial charge is 0.164 e. The predicted molar refractivity (Wildman–Crippen MR) is 215 cm³/mol. The highest BCUT2D eigenvalue weighted by atomic mass is 32.1. The largest absolute Gasteiger partial charge is 0.309 e. The van der Waals surface area contributed by atoms with Crippen LogP contribution in [0.3, 0.4) is 0 Å². The van der Waals surface area contributed by atoms with Crippen molar-refractivity contribution in [1.29, 1.82) is 0 Å². The third-order valence-electron chi connectivity index (χ3n) is 9.50. The summed E-state index contributed by atoms with van der Waals surface area (Å²) in [5.74, 6) is 1.94. The number of para-hydroxylation sites is 3. The average molecular weight is 684 g/mol. The number of rotatable bonds is 6. The maximum Gasteiger partial charge on any atom is 0.164 e. The van der Waals surface area contributed by atoms with Crippen LogP contribution in [0.25, 0.3) is 93.6 Å². The standard InChI is InChI=1S/C46H29N5S/c1-3-13-31(14-4-1)43-48-44(32-15-5-2-6-16-32)50-45(49-43)34-18-11-17-33(29-34)30-25-27-35(28-26-30)51-40-23-9-7-19-36(40)37-20-12-21-38(42(37)51)46-47-39-22-8-10-24-41(39)52-46/h1-29H. The van der Waals surface area contributed by atoms with Crippen molar-refractivity contribution < 1.29 is 0 Å². The fourth-order valence-electron chi connectivity index (χ4n) is 7.03. The number of thiazole rings is 1. The molecule has 0 fully saturated rings. The summed E-state index contributed by atoms with van der Waals surface area (Å²) < 4.78 is 3.57. The molecule has 0 atom stereocenters. The van der Waals surface area contributed by atoms with Gasteiger partial charge in [0.25, 0.3) is 0 Å². The molecule has 5 nitrogen and oxygen atoms in total. The fraction of sp³-hybridized carbons (Fsp3) is 0. The van der Waals surface area contributed by atoms with Gasteiger partial charge in [-0.05, 0) is 53.6 Å². The van der Waals surface area contributed by atoms with E-state index in [1.807, 2.05) is 60.7 Å². The summed E-state index contributed by atoms with van der Waals surface area (Å²) >= 11 is 1.74. The lowest BCUT2D eigenvalue weighted by atomic mass is 10.0. The van der Waals surface area contributed by atoms with Crippen LogP contribution in [0.5, 0.6) is 0 Å². The van der Waals surface area contributed by atoms with E-state index in [1.165, 1.54) is 21.0 Å². The predicted octanol–water partition coefficient (Wildman–Crippen LogP) is 11.9. The van der Waals surface area contributed by atoms with Gasteiger partial charge < -0.3 is 4.57 Å². The highest BCUT2D eigenvalue weighted by molar-refractivity contribution is 7.21. The highest BCUT2D eigenvalue weighted by Crippen LogP contribution is 2.40. The van der Waals surface area contributed by atoms with Gasteiger partial charge in [0.15, 0.2) is 17.5 Å². The molecule has 3 heterocycles. The van der Waals surface area contributed by atoms with E-state index in [0.29, 0.717) is 17.5 Å². The van der Waals surface area contributed by atoms with Gasteiger partial charge in [0, 0.05) is 38.7 Å². The van der Waals surface area contributed by atoms with Crippen molar-refractivity contribution in [1.82, 2.24) is 24.5 Å². The first-order valence-corrected chi connectivity index (χ1v) is 18.0. The zero-order valence-electron chi connectivity index (χ0n) is 27.9. The zero-order chi connectivity index (χ0) is 34.4. The summed E-state index contributed by atoms with van der Waals surface area (Å²) in [5.41, 5.74) is 10.6. The van der Waals surface area contributed by atoms with Crippen LogP contribution in [0.2, 0.25) is 0 Å². The maximum atomic E-state index is 5.06. The Morgan fingerprint density at radius 3 is 1.71 bits per heavy atom. The number of hydrogen-bond acceptors (Lipinski definition) is 5. The van der Waals surface area contributed by atoms with Crippen LogP contribution >= 0.6 is 11.3 Å². The fourth-order valence-corrected chi connectivity index (χ4v) is 8.02. The SMILES string of the molecule is c1ccc(-c2nc(-c3ccccc3)nc(-c3cccc(-c4ccc(-n5c6ccccc6c6cccc(-c7nc8ccccc8s7)c65)cc4)c3)n2)cc1. The molecule has 244 valence electrons. The average Bonchev–Trinajstić information content (AvgIpc) is 3.81. The number of benzene rings is 7. The van der Waals surface area contributed by atoms with Crippen LogP contribution in [0, 0.1) is 0 Å². The molecule has 0 aliphatic carbocycles. The normalized spacial score (nSPS) is 11.5. The Labute approximate surface area is 304 Å². The minimum absolute atomic E-state index is 0.638. The molecule has 0 bridgehead atoms. The molecule has 0 saturated heterocycles. The van der Waals surface area contributed by atoms with Crippen LogP contribution < -0.4 is 0 Å². The molecule has 3 aromatic heterocycles. The Morgan fingerprint density at radius 2 is 0.981 bits per heavy atom. The molecule has 6 heteroatoms. The number of fused-ring (bicyclic) bond motifs is 4. The summed E-state index contributed by atoms with van der Waals surface area (Å²) in [6, 6.07) is 61.0. The van der Waals surface area contributed by atoms with Gasteiger partial charge >= 0.3 is 0 Å². The van der Waals surface area contributed by atoms with Crippen LogP contribution in [-0.4, -0.2) is 24.5 Å². The minimum atomic E-state index is 0.638. The van der Waals surface area contributed by atoms with Crippen molar-refractivity contribution in [2.24, 2.45) is 0 Å². The number of hydrogen-bond donors (Lipinski definition) is 0. The van der Waals surface area contributed by atoms with Crippen molar-refractivity contribution in [2.45, 2.75) is 0 Å². The Bertz CT molecular complexity index is 2800. The molecule has 52 heavy (non-hydrogen) atoms. The summed E-state index contributed by atoms with van der Waals surface area (Å²) in [6.07, 6.45) is 0. The molecule has 0 aliphatic heterocycles. The van der Waals surface area contributed by atoms with Gasteiger partial charge in [-0.3, -0.25) is 0 Å². The second kappa shape index (κ2) is 12.5. The van der Waals surface area contributed by atoms with Crippen LogP contribution in [0.1, 0.15) is 0 Å². The van der Waals surface area contributed by atoms with Gasteiger partial charge in [0.1, 0.15) is 5.01 Å². The van der Waals surface area contributed by atoms with E-state index < -0.39 is 0 Å². The summed E-state index contributed by atoms with van der Waals surface area (Å²) in [6.45, 7) is 0. The molecule has 7 aromatic carbocycles. The van der Waals surface area contributed by atoms with Gasteiger partial charge in [-0.2, -0.15) is 0 Å². The quantitative estimate of drug-likeness (QED) is 0.175. The van der Waals surface area contributed by atoms with E-state index in [-0.39, 0.29) is 0 Å². The molecule has 0 amide bonds. The van der Waals surface area contributed by atoms with Crippen LogP contribution in [-0.2, 0) is 0 Å². The molecule has 0 N–H and O–H groups in total. The van der Waals surface area contributed by atoms with Crippen LogP contribution in [0.4, 0.5) is 0 Å². The molecular formula is C46H29N5S. The Kier molecular flexibility index (Phi) is 7.25. The topological polar surface area (TPSA) is 56.5 Å². The van der Waals surface area contributed by atoms with Crippen LogP contribution in [0.15, 0.2) is 176 Å². The zero-order valence-corrected chi connectivity index (χ0v) is 28.7. The van der Waals surface area contributed by atoms with Crippen molar-refractivity contribution in [2.75, 3.05) is 0 Å². The highest BCUT2D eigenvalue weighted by Gasteiger charge is 2.19. The first kappa shape index (κ1) is 30.1. The molecule has 0 saturated carbocycles. The van der Waals surface area contributed by atoms with E-state index in [9.17, 15) is 0 Å². The second-order valence-electron chi connectivity index (χ2n) is 12.7. The van der Waals surface area contributed by atoms with Gasteiger partial charge in [0.05, 0.1) is 21.3 Å². The van der Waals surface area contributed by atoms with Gasteiger partial charge in [-0.15, -0.1) is 11.3 Å². The van der Waals surface area contributed by atoms with Gasteiger partial charge in [-0.1, -0.05) is 133 Å². The Balaban J connectivity index is 1.07. The summed E-state index contributed by atoms with van der Waals surface area (Å²) in [5, 5.41) is 3.46. The van der Waals surface area contributed by atoms with Gasteiger partial charge in [-0.25, -0.2) is 19.9 Å². The molecular weight excluding hydrogens is 655 g/mol. The Morgan fingerprint density at radius 1 is 0.404 bits per heavy atom. The summed E-state index contributed by atoms with van der Waals surface area (Å²) in [7, 11) is 0. The number of nitrogens with zero attached hydrogens (tertiary/aromatic N) is 5. The monoisotopic (exact) mass is 683 g/mol. The Hall–Kier alpha value is -6.76. The first-order chi connectivity index (χ1) is 25.8. The summed E-state index contributed by atoms with van der Waals surface area (Å²) in [4.78, 5) is 19.8. The van der Waals surface area contributed by atoms with E-state index in [0.717, 1.165) is 55.1 Å².